The zero-order chi connectivity index (χ0) is 33.6. The molecule has 2 amide bonds. The van der Waals surface area contributed by atoms with E-state index in [1.807, 2.05) is 81.4 Å². The minimum absolute atomic E-state index is 0.0550. The Balaban J connectivity index is 1.57. The first-order valence-electron chi connectivity index (χ1n) is 16.1. The van der Waals surface area contributed by atoms with Gasteiger partial charge in [0, 0.05) is 23.5 Å². The molecule has 1 N–H and O–H groups in total. The summed E-state index contributed by atoms with van der Waals surface area (Å²) in [4.78, 5) is 30.5. The molecule has 47 heavy (non-hydrogen) atoms. The van der Waals surface area contributed by atoms with Crippen molar-refractivity contribution in [3.63, 3.8) is 0 Å². The molecule has 0 saturated heterocycles. The number of anilines is 1. The average molecular weight is 717 g/mol. The third-order valence-electron chi connectivity index (χ3n) is 8.91. The van der Waals surface area contributed by atoms with Gasteiger partial charge in [-0.3, -0.25) is 13.9 Å². The first kappa shape index (κ1) is 34.4. The van der Waals surface area contributed by atoms with E-state index in [1.54, 1.807) is 41.3 Å². The Kier molecular flexibility index (Phi) is 11.2. The molecule has 7 nitrogen and oxygen atoms in total. The zero-order valence-corrected chi connectivity index (χ0v) is 29.6. The summed E-state index contributed by atoms with van der Waals surface area (Å²) in [5, 5.41) is 3.22. The van der Waals surface area contributed by atoms with Gasteiger partial charge >= 0.3 is 0 Å². The number of carbonyl (C=O) groups excluding carboxylic acids is 2. The van der Waals surface area contributed by atoms with Gasteiger partial charge in [-0.25, -0.2) is 8.42 Å². The van der Waals surface area contributed by atoms with Crippen LogP contribution in [-0.4, -0.2) is 43.8 Å². The van der Waals surface area contributed by atoms with Crippen LogP contribution >= 0.6 is 15.9 Å². The Morgan fingerprint density at radius 2 is 1.49 bits per heavy atom. The number of nitrogens with zero attached hydrogens (tertiary/aromatic N) is 2. The predicted molar refractivity (Wildman–Crippen MR) is 191 cm³/mol. The van der Waals surface area contributed by atoms with Gasteiger partial charge in [0.1, 0.15) is 12.6 Å². The molecule has 1 saturated carbocycles. The fourth-order valence-electron chi connectivity index (χ4n) is 5.95. The van der Waals surface area contributed by atoms with Gasteiger partial charge in [0.05, 0.1) is 10.6 Å². The second-order valence-corrected chi connectivity index (χ2v) is 15.2. The minimum Gasteiger partial charge on any atom is -0.352 e. The SMILES string of the molecule is Cc1ccc(S(=O)(=O)N(CC(=O)N(Cc2ccc(Br)cc2)[C@H](Cc2ccccc2)C(=O)NC2CCCC2)c2ccc(C)c(C)c2)cc1. The van der Waals surface area contributed by atoms with Crippen molar-refractivity contribution in [1.82, 2.24) is 10.2 Å². The van der Waals surface area contributed by atoms with Crippen LogP contribution in [-0.2, 0) is 32.6 Å². The largest absolute Gasteiger partial charge is 0.352 e. The summed E-state index contributed by atoms with van der Waals surface area (Å²) in [5.74, 6) is -0.699. The van der Waals surface area contributed by atoms with Crippen LogP contribution in [0.1, 0.15) is 53.5 Å². The summed E-state index contributed by atoms with van der Waals surface area (Å²) in [6.45, 7) is 5.43. The molecule has 0 radical (unpaired) electrons. The van der Waals surface area contributed by atoms with E-state index >= 15 is 0 Å². The van der Waals surface area contributed by atoms with E-state index in [0.717, 1.165) is 58.0 Å². The van der Waals surface area contributed by atoms with Gasteiger partial charge in [-0.15, -0.1) is 0 Å². The molecule has 4 aromatic carbocycles. The molecule has 4 aromatic rings. The molecule has 1 fully saturated rings. The first-order valence-corrected chi connectivity index (χ1v) is 18.3. The number of hydrogen-bond acceptors (Lipinski definition) is 4. The van der Waals surface area contributed by atoms with Gasteiger partial charge in [0.2, 0.25) is 11.8 Å². The lowest BCUT2D eigenvalue weighted by Gasteiger charge is -2.34. The van der Waals surface area contributed by atoms with Crippen molar-refractivity contribution in [3.8, 4) is 0 Å². The standard InChI is InChI=1S/C38H42BrN3O4S/c1-27-13-21-35(22-14-27)47(45,46)42(34-20-15-28(2)29(3)23-34)26-37(43)41(25-31-16-18-32(39)19-17-31)36(24-30-9-5-4-6-10-30)38(44)40-33-11-7-8-12-33/h4-6,9-10,13-23,33,36H,7-8,11-12,24-26H2,1-3H3,(H,40,44)/t36-/m1/s1. The fraction of sp³-hybridized carbons (Fsp3) is 0.316. The first-order chi connectivity index (χ1) is 22.5. The highest BCUT2D eigenvalue weighted by Gasteiger charge is 2.35. The van der Waals surface area contributed by atoms with E-state index in [-0.39, 0.29) is 29.8 Å². The second-order valence-electron chi connectivity index (χ2n) is 12.4. The highest BCUT2D eigenvalue weighted by atomic mass is 79.9. The molecule has 0 aromatic heterocycles. The third-order valence-corrected chi connectivity index (χ3v) is 11.2. The maximum Gasteiger partial charge on any atom is 0.264 e. The molecule has 0 spiro atoms. The van der Waals surface area contributed by atoms with Crippen LogP contribution in [0.3, 0.4) is 0 Å². The van der Waals surface area contributed by atoms with Crippen LogP contribution in [0.5, 0.6) is 0 Å². The maximum atomic E-state index is 14.7. The molecule has 5 rings (SSSR count). The van der Waals surface area contributed by atoms with E-state index in [9.17, 15) is 18.0 Å². The van der Waals surface area contributed by atoms with E-state index in [2.05, 4.69) is 21.2 Å². The van der Waals surface area contributed by atoms with Gasteiger partial charge in [0.25, 0.3) is 10.0 Å². The number of rotatable bonds is 12. The minimum atomic E-state index is -4.15. The molecule has 0 unspecified atom stereocenters. The number of nitrogens with one attached hydrogen (secondary N) is 1. The summed E-state index contributed by atoms with van der Waals surface area (Å²) in [5.41, 5.74) is 4.97. The topological polar surface area (TPSA) is 86.8 Å². The van der Waals surface area contributed by atoms with Gasteiger partial charge < -0.3 is 10.2 Å². The highest BCUT2D eigenvalue weighted by molar-refractivity contribution is 9.10. The van der Waals surface area contributed by atoms with Crippen molar-refractivity contribution in [1.29, 1.82) is 0 Å². The molecule has 1 aliphatic carbocycles. The lowest BCUT2D eigenvalue weighted by atomic mass is 10.0. The monoisotopic (exact) mass is 715 g/mol. The van der Waals surface area contributed by atoms with Gasteiger partial charge in [0.15, 0.2) is 0 Å². The van der Waals surface area contributed by atoms with Gasteiger partial charge in [-0.05, 0) is 92.3 Å². The van der Waals surface area contributed by atoms with E-state index in [1.165, 1.54) is 4.31 Å². The smallest absolute Gasteiger partial charge is 0.264 e. The van der Waals surface area contributed by atoms with Crippen molar-refractivity contribution in [2.75, 3.05) is 10.8 Å². The Morgan fingerprint density at radius 1 is 0.830 bits per heavy atom. The zero-order valence-electron chi connectivity index (χ0n) is 27.2. The van der Waals surface area contributed by atoms with Gasteiger partial charge in [-0.1, -0.05) is 95.0 Å². The second kappa shape index (κ2) is 15.3. The number of hydrogen-bond donors (Lipinski definition) is 1. The Bertz CT molecular complexity index is 1790. The summed E-state index contributed by atoms with van der Waals surface area (Å²) in [7, 11) is -4.15. The summed E-state index contributed by atoms with van der Waals surface area (Å²) in [6, 6.07) is 28.4. The van der Waals surface area contributed by atoms with Gasteiger partial charge in [-0.2, -0.15) is 0 Å². The van der Waals surface area contributed by atoms with Crippen LogP contribution in [0.25, 0.3) is 0 Å². The van der Waals surface area contributed by atoms with E-state index in [0.29, 0.717) is 5.69 Å². The van der Waals surface area contributed by atoms with Crippen molar-refractivity contribution >= 4 is 43.5 Å². The summed E-state index contributed by atoms with van der Waals surface area (Å²) >= 11 is 3.49. The number of benzene rings is 4. The third kappa shape index (κ3) is 8.70. The van der Waals surface area contributed by atoms with E-state index in [4.69, 9.17) is 0 Å². The predicted octanol–water partition coefficient (Wildman–Crippen LogP) is 7.27. The molecule has 0 aliphatic heterocycles. The van der Waals surface area contributed by atoms with Crippen LogP contribution in [0.2, 0.25) is 0 Å². The van der Waals surface area contributed by atoms with Crippen molar-refractivity contribution in [3.05, 3.63) is 129 Å². The average Bonchev–Trinajstić information content (AvgIpc) is 3.57. The molecular weight excluding hydrogens is 674 g/mol. The normalized spacial score (nSPS) is 14.0. The van der Waals surface area contributed by atoms with Crippen molar-refractivity contribution in [2.24, 2.45) is 0 Å². The summed E-state index contributed by atoms with van der Waals surface area (Å²) < 4.78 is 30.6. The van der Waals surface area contributed by atoms with Crippen LogP contribution in [0.4, 0.5) is 5.69 Å². The Hall–Kier alpha value is -3.95. The Labute approximate surface area is 287 Å². The molecule has 0 bridgehead atoms. The number of aryl methyl sites for hydroxylation is 3. The number of sulfonamides is 1. The van der Waals surface area contributed by atoms with Crippen LogP contribution in [0, 0.1) is 20.8 Å². The highest BCUT2D eigenvalue weighted by Crippen LogP contribution is 2.28. The Morgan fingerprint density at radius 3 is 2.13 bits per heavy atom. The quantitative estimate of drug-likeness (QED) is 0.167. The number of halogens is 1. The van der Waals surface area contributed by atoms with Crippen LogP contribution < -0.4 is 9.62 Å². The number of carbonyl (C=O) groups is 2. The molecule has 246 valence electrons. The summed E-state index contributed by atoms with van der Waals surface area (Å²) in [6.07, 6.45) is 4.20. The van der Waals surface area contributed by atoms with Crippen molar-refractivity contribution < 1.29 is 18.0 Å². The molecular formula is C38H42BrN3O4S. The fourth-order valence-corrected chi connectivity index (χ4v) is 7.63. The van der Waals surface area contributed by atoms with Crippen LogP contribution in [0.15, 0.2) is 106 Å². The lowest BCUT2D eigenvalue weighted by molar-refractivity contribution is -0.140. The molecule has 1 aliphatic rings. The molecule has 0 heterocycles. The van der Waals surface area contributed by atoms with Crippen molar-refractivity contribution in [2.45, 2.75) is 76.4 Å². The molecule has 1 atom stereocenters. The number of amides is 2. The molecule has 9 heteroatoms. The van der Waals surface area contributed by atoms with E-state index < -0.39 is 28.5 Å². The lowest BCUT2D eigenvalue weighted by Crippen LogP contribution is -2.54. The maximum absolute atomic E-state index is 14.7.